The topological polar surface area (TPSA) is 46.6 Å². The zero-order valence-corrected chi connectivity index (χ0v) is 12.3. The van der Waals surface area contributed by atoms with Crippen LogP contribution in [0.3, 0.4) is 0 Å². The average molecular weight is 287 g/mol. The number of hydrogen-bond acceptors (Lipinski definition) is 3. The lowest BCUT2D eigenvalue weighted by Gasteiger charge is -2.22. The van der Waals surface area contributed by atoms with E-state index in [2.05, 4.69) is 6.58 Å². The summed E-state index contributed by atoms with van der Waals surface area (Å²) >= 11 is 0. The molecule has 4 heteroatoms. The third-order valence-corrected chi connectivity index (χ3v) is 3.74. The third kappa shape index (κ3) is 3.72. The normalized spacial score (nSPS) is 19.2. The number of ether oxygens (including phenoxy) is 1. The van der Waals surface area contributed by atoms with Crippen LogP contribution in [0.2, 0.25) is 0 Å². The first-order valence-corrected chi connectivity index (χ1v) is 7.28. The van der Waals surface area contributed by atoms with Crippen LogP contribution in [0.4, 0.5) is 4.79 Å². The Morgan fingerprint density at radius 3 is 2.86 bits per heavy atom. The van der Waals surface area contributed by atoms with Crippen LogP contribution in [-0.4, -0.2) is 29.5 Å². The van der Waals surface area contributed by atoms with E-state index < -0.39 is 6.09 Å². The van der Waals surface area contributed by atoms with Gasteiger partial charge in [-0.15, -0.1) is 6.58 Å². The number of cyclic esters (lactones) is 1. The molecule has 2 atom stereocenters. The number of benzene rings is 1. The van der Waals surface area contributed by atoms with Crippen molar-refractivity contribution in [3.63, 3.8) is 0 Å². The van der Waals surface area contributed by atoms with Gasteiger partial charge in [-0.3, -0.25) is 4.79 Å². The van der Waals surface area contributed by atoms with Crippen molar-refractivity contribution in [3.8, 4) is 0 Å². The molecule has 0 N–H and O–H groups in total. The number of carbonyl (C=O) groups excluding carboxylic acids is 2. The summed E-state index contributed by atoms with van der Waals surface area (Å²) in [5.41, 5.74) is 1.09. The summed E-state index contributed by atoms with van der Waals surface area (Å²) in [5.74, 6) is -0.354. The highest BCUT2D eigenvalue weighted by Crippen LogP contribution is 2.21. The zero-order chi connectivity index (χ0) is 15.2. The molecular formula is C17H21NO3. The Bertz CT molecular complexity index is 512. The zero-order valence-electron chi connectivity index (χ0n) is 12.3. The van der Waals surface area contributed by atoms with Gasteiger partial charge in [0.2, 0.25) is 5.91 Å². The highest BCUT2D eigenvalue weighted by molar-refractivity contribution is 5.94. The second kappa shape index (κ2) is 7.07. The van der Waals surface area contributed by atoms with Crippen LogP contribution < -0.4 is 0 Å². The number of hydrogen-bond donors (Lipinski definition) is 0. The fourth-order valence-electron chi connectivity index (χ4n) is 2.50. The van der Waals surface area contributed by atoms with Crippen molar-refractivity contribution in [1.29, 1.82) is 0 Å². The molecule has 0 bridgehead atoms. The van der Waals surface area contributed by atoms with Gasteiger partial charge >= 0.3 is 6.09 Å². The Kier molecular flexibility index (Phi) is 5.14. The fourth-order valence-corrected chi connectivity index (χ4v) is 2.50. The van der Waals surface area contributed by atoms with Gasteiger partial charge in [0, 0.05) is 5.92 Å². The molecule has 112 valence electrons. The van der Waals surface area contributed by atoms with Crippen LogP contribution in [-0.2, 0) is 16.0 Å². The van der Waals surface area contributed by atoms with Gasteiger partial charge in [-0.1, -0.05) is 43.3 Å². The summed E-state index contributed by atoms with van der Waals surface area (Å²) in [7, 11) is 0. The highest BCUT2D eigenvalue weighted by atomic mass is 16.6. The van der Waals surface area contributed by atoms with Gasteiger partial charge in [-0.05, 0) is 24.8 Å². The predicted octanol–water partition coefficient (Wildman–Crippen LogP) is 3.18. The largest absolute Gasteiger partial charge is 0.447 e. The smallest absolute Gasteiger partial charge is 0.416 e. The van der Waals surface area contributed by atoms with Gasteiger partial charge in [0.15, 0.2) is 0 Å². The molecule has 2 rings (SSSR count). The molecule has 4 nitrogen and oxygen atoms in total. The van der Waals surface area contributed by atoms with Crippen LogP contribution in [0.25, 0.3) is 0 Å². The van der Waals surface area contributed by atoms with Crippen molar-refractivity contribution < 1.29 is 14.3 Å². The Morgan fingerprint density at radius 1 is 1.48 bits per heavy atom. The van der Waals surface area contributed by atoms with Crippen molar-refractivity contribution in [3.05, 3.63) is 48.6 Å². The summed E-state index contributed by atoms with van der Waals surface area (Å²) in [6.07, 6.45) is 3.36. The molecule has 0 radical (unpaired) electrons. The van der Waals surface area contributed by atoms with E-state index in [9.17, 15) is 9.59 Å². The number of rotatable bonds is 6. The van der Waals surface area contributed by atoms with E-state index in [1.165, 1.54) is 4.90 Å². The first-order valence-electron chi connectivity index (χ1n) is 7.28. The second-order valence-corrected chi connectivity index (χ2v) is 5.40. The number of allylic oxidation sites excluding steroid dienone is 1. The van der Waals surface area contributed by atoms with Crippen molar-refractivity contribution in [2.75, 3.05) is 6.61 Å². The third-order valence-electron chi connectivity index (χ3n) is 3.74. The molecule has 0 aliphatic carbocycles. The van der Waals surface area contributed by atoms with Crippen LogP contribution in [0.5, 0.6) is 0 Å². The average Bonchev–Trinajstić information content (AvgIpc) is 2.85. The summed E-state index contributed by atoms with van der Waals surface area (Å²) in [6, 6.07) is 9.62. The summed E-state index contributed by atoms with van der Waals surface area (Å²) in [6.45, 7) is 5.77. The van der Waals surface area contributed by atoms with Crippen LogP contribution in [0.1, 0.15) is 25.3 Å². The molecule has 1 aliphatic heterocycles. The number of imide groups is 1. The molecule has 0 aromatic heterocycles. The Balaban J connectivity index is 2.06. The first kappa shape index (κ1) is 15.3. The molecular weight excluding hydrogens is 266 g/mol. The van der Waals surface area contributed by atoms with Gasteiger partial charge in [0.1, 0.15) is 6.61 Å². The highest BCUT2D eigenvalue weighted by Gasteiger charge is 2.39. The molecule has 1 fully saturated rings. The van der Waals surface area contributed by atoms with E-state index in [1.54, 1.807) is 6.08 Å². The number of carbonyl (C=O) groups is 2. The van der Waals surface area contributed by atoms with E-state index in [0.717, 1.165) is 12.0 Å². The van der Waals surface area contributed by atoms with Gasteiger partial charge in [-0.25, -0.2) is 9.69 Å². The van der Waals surface area contributed by atoms with Gasteiger partial charge < -0.3 is 4.74 Å². The maximum Gasteiger partial charge on any atom is 0.416 e. The number of nitrogens with zero attached hydrogens (tertiary/aromatic N) is 1. The molecule has 1 saturated heterocycles. The minimum absolute atomic E-state index is 0.153. The molecule has 1 aromatic rings. The van der Waals surface area contributed by atoms with Crippen molar-refractivity contribution in [1.82, 2.24) is 4.90 Å². The van der Waals surface area contributed by atoms with Gasteiger partial charge in [-0.2, -0.15) is 0 Å². The van der Waals surface area contributed by atoms with E-state index in [0.29, 0.717) is 12.8 Å². The standard InChI is InChI=1S/C17H21NO3/c1-3-4-8-13(2)16(19)18-15(12-21-17(18)20)11-14-9-6-5-7-10-14/h3,5-7,9-10,13,15H,1,4,8,11-12H2,2H3/t13-,15-/m1/s1. The van der Waals surface area contributed by atoms with Crippen molar-refractivity contribution in [2.24, 2.45) is 5.92 Å². The van der Waals surface area contributed by atoms with E-state index in [1.807, 2.05) is 37.3 Å². The molecule has 0 saturated carbocycles. The number of amides is 2. The Hall–Kier alpha value is -2.10. The summed E-state index contributed by atoms with van der Waals surface area (Å²) < 4.78 is 5.07. The second-order valence-electron chi connectivity index (χ2n) is 5.40. The molecule has 0 spiro atoms. The monoisotopic (exact) mass is 287 g/mol. The lowest BCUT2D eigenvalue weighted by atomic mass is 10.0. The van der Waals surface area contributed by atoms with Crippen LogP contribution >= 0.6 is 0 Å². The van der Waals surface area contributed by atoms with E-state index in [-0.39, 0.29) is 24.5 Å². The van der Waals surface area contributed by atoms with Gasteiger partial charge in [0.25, 0.3) is 0 Å². The Labute approximate surface area is 125 Å². The quantitative estimate of drug-likeness (QED) is 0.755. The Morgan fingerprint density at radius 2 is 2.19 bits per heavy atom. The maximum absolute atomic E-state index is 12.5. The minimum atomic E-state index is -0.522. The molecule has 21 heavy (non-hydrogen) atoms. The van der Waals surface area contributed by atoms with Crippen LogP contribution in [0.15, 0.2) is 43.0 Å². The SMILES string of the molecule is C=CCC[C@@H](C)C(=O)N1C(=O)OC[C@H]1Cc1ccccc1. The molecule has 1 aliphatic rings. The van der Waals surface area contributed by atoms with E-state index in [4.69, 9.17) is 4.74 Å². The van der Waals surface area contributed by atoms with Crippen molar-refractivity contribution >= 4 is 12.0 Å². The van der Waals surface area contributed by atoms with Crippen molar-refractivity contribution in [2.45, 2.75) is 32.2 Å². The summed E-state index contributed by atoms with van der Waals surface area (Å²) in [5, 5.41) is 0. The lowest BCUT2D eigenvalue weighted by molar-refractivity contribution is -0.133. The molecule has 1 heterocycles. The maximum atomic E-state index is 12.5. The first-order chi connectivity index (χ1) is 10.1. The van der Waals surface area contributed by atoms with E-state index >= 15 is 0 Å². The van der Waals surface area contributed by atoms with Crippen LogP contribution in [0, 0.1) is 5.92 Å². The molecule has 1 aromatic carbocycles. The molecule has 2 amide bonds. The fraction of sp³-hybridized carbons (Fsp3) is 0.412. The predicted molar refractivity (Wildman–Crippen MR) is 80.7 cm³/mol. The molecule has 0 unspecified atom stereocenters. The summed E-state index contributed by atoms with van der Waals surface area (Å²) in [4.78, 5) is 25.6. The lowest BCUT2D eigenvalue weighted by Crippen LogP contribution is -2.43. The minimum Gasteiger partial charge on any atom is -0.447 e. The van der Waals surface area contributed by atoms with Gasteiger partial charge in [0.05, 0.1) is 6.04 Å².